The Morgan fingerprint density at radius 3 is 2.57 bits per heavy atom. The van der Waals surface area contributed by atoms with Crippen molar-refractivity contribution in [2.75, 3.05) is 0 Å². The Bertz CT molecular complexity index is 61.1. The molecule has 0 heterocycles. The van der Waals surface area contributed by atoms with Crippen LogP contribution in [0.5, 0.6) is 0 Å². The van der Waals surface area contributed by atoms with E-state index in [9.17, 15) is 0 Å². The topological polar surface area (TPSA) is 32.6 Å². The van der Waals surface area contributed by atoms with Crippen LogP contribution in [0.4, 0.5) is 0 Å². The zero-order chi connectivity index (χ0) is 5.70. The van der Waals surface area contributed by atoms with Gasteiger partial charge in [0.15, 0.2) is 0 Å². The molecule has 2 heteroatoms. The van der Waals surface area contributed by atoms with Gasteiger partial charge >= 0.3 is 0 Å². The highest BCUT2D eigenvalue weighted by molar-refractivity contribution is 5.58. The standard InChI is InChI=1S/C5H11NO/c1-3-5(2)4-6-7/h4-5,7H,3H2,1-2H3/b6-4-/t5-/m0/s1. The van der Waals surface area contributed by atoms with Gasteiger partial charge in [0.2, 0.25) is 0 Å². The average Bonchev–Trinajstić information content (AvgIpc) is 1.68. The lowest BCUT2D eigenvalue weighted by Crippen LogP contribution is -1.90. The van der Waals surface area contributed by atoms with E-state index in [2.05, 4.69) is 5.16 Å². The highest BCUT2D eigenvalue weighted by atomic mass is 16.4. The van der Waals surface area contributed by atoms with Crippen molar-refractivity contribution in [1.29, 1.82) is 0 Å². The molecule has 0 bridgehead atoms. The van der Waals surface area contributed by atoms with E-state index < -0.39 is 0 Å². The van der Waals surface area contributed by atoms with Crippen molar-refractivity contribution in [3.63, 3.8) is 0 Å². The van der Waals surface area contributed by atoms with Crippen molar-refractivity contribution in [2.45, 2.75) is 20.3 Å². The number of rotatable bonds is 2. The van der Waals surface area contributed by atoms with Crippen molar-refractivity contribution in [3.05, 3.63) is 0 Å². The quantitative estimate of drug-likeness (QED) is 0.319. The molecule has 0 spiro atoms. The van der Waals surface area contributed by atoms with Crippen LogP contribution >= 0.6 is 0 Å². The van der Waals surface area contributed by atoms with Crippen LogP contribution in [0.2, 0.25) is 0 Å². The molecule has 2 nitrogen and oxygen atoms in total. The van der Waals surface area contributed by atoms with Crippen molar-refractivity contribution >= 4 is 6.21 Å². The monoisotopic (exact) mass is 101 g/mol. The minimum atomic E-state index is 0.407. The maximum Gasteiger partial charge on any atom is 0.0463 e. The van der Waals surface area contributed by atoms with Gasteiger partial charge in [-0.15, -0.1) is 5.16 Å². The summed E-state index contributed by atoms with van der Waals surface area (Å²) in [5.41, 5.74) is 0. The van der Waals surface area contributed by atoms with E-state index in [1.165, 1.54) is 6.21 Å². The average molecular weight is 101 g/mol. The van der Waals surface area contributed by atoms with Gasteiger partial charge in [-0.3, -0.25) is 0 Å². The van der Waals surface area contributed by atoms with Gasteiger partial charge < -0.3 is 5.21 Å². The molecule has 0 aliphatic carbocycles. The third-order valence-electron chi connectivity index (χ3n) is 0.965. The highest BCUT2D eigenvalue weighted by Crippen LogP contribution is 1.93. The normalized spacial score (nSPS) is 15.1. The Morgan fingerprint density at radius 2 is 2.43 bits per heavy atom. The summed E-state index contributed by atoms with van der Waals surface area (Å²) in [5.74, 6) is 0.407. The molecule has 42 valence electrons. The van der Waals surface area contributed by atoms with E-state index in [4.69, 9.17) is 5.21 Å². The third-order valence-corrected chi connectivity index (χ3v) is 0.965. The molecule has 0 rings (SSSR count). The first-order valence-electron chi connectivity index (χ1n) is 2.48. The first kappa shape index (κ1) is 6.47. The summed E-state index contributed by atoms with van der Waals surface area (Å²) < 4.78 is 0. The number of hydrogen-bond acceptors (Lipinski definition) is 2. The van der Waals surface area contributed by atoms with Crippen molar-refractivity contribution in [2.24, 2.45) is 11.1 Å². The molecule has 0 aromatic heterocycles. The summed E-state index contributed by atoms with van der Waals surface area (Å²) in [4.78, 5) is 0. The van der Waals surface area contributed by atoms with E-state index in [1.807, 2.05) is 13.8 Å². The minimum absolute atomic E-state index is 0.407. The smallest absolute Gasteiger partial charge is 0.0463 e. The lowest BCUT2D eigenvalue weighted by atomic mass is 10.1. The summed E-state index contributed by atoms with van der Waals surface area (Å²) in [6, 6.07) is 0. The molecule has 0 saturated heterocycles. The van der Waals surface area contributed by atoms with Crippen LogP contribution in [-0.4, -0.2) is 11.4 Å². The van der Waals surface area contributed by atoms with Crippen LogP contribution < -0.4 is 0 Å². The molecule has 0 aliphatic heterocycles. The Kier molecular flexibility index (Phi) is 3.38. The van der Waals surface area contributed by atoms with Gasteiger partial charge in [0.25, 0.3) is 0 Å². The molecule has 1 N–H and O–H groups in total. The van der Waals surface area contributed by atoms with Crippen molar-refractivity contribution < 1.29 is 5.21 Å². The first-order valence-corrected chi connectivity index (χ1v) is 2.48. The molecule has 1 atom stereocenters. The predicted molar refractivity (Wildman–Crippen MR) is 29.7 cm³/mol. The molecular weight excluding hydrogens is 90.1 g/mol. The number of oxime groups is 1. The second-order valence-corrected chi connectivity index (χ2v) is 1.65. The first-order chi connectivity index (χ1) is 3.31. The molecule has 0 saturated carbocycles. The van der Waals surface area contributed by atoms with Crippen LogP contribution in [0, 0.1) is 5.92 Å². The zero-order valence-electron chi connectivity index (χ0n) is 4.76. The SMILES string of the molecule is CC[C@H](C)/C=N\O. The van der Waals surface area contributed by atoms with E-state index in [-0.39, 0.29) is 0 Å². The Labute approximate surface area is 43.8 Å². The Balaban J connectivity index is 3.16. The van der Waals surface area contributed by atoms with Crippen molar-refractivity contribution in [1.82, 2.24) is 0 Å². The molecule has 0 fully saturated rings. The summed E-state index contributed by atoms with van der Waals surface area (Å²) in [5, 5.41) is 10.8. The van der Waals surface area contributed by atoms with E-state index in [1.54, 1.807) is 0 Å². The molecule has 0 aromatic rings. The number of nitrogens with zero attached hydrogens (tertiary/aromatic N) is 1. The van der Waals surface area contributed by atoms with Gasteiger partial charge in [-0.05, 0) is 12.3 Å². The minimum Gasteiger partial charge on any atom is -0.411 e. The van der Waals surface area contributed by atoms with Crippen molar-refractivity contribution in [3.8, 4) is 0 Å². The summed E-state index contributed by atoms with van der Waals surface area (Å²) in [6.07, 6.45) is 2.56. The molecule has 0 radical (unpaired) electrons. The van der Waals surface area contributed by atoms with Gasteiger partial charge in [0.05, 0.1) is 0 Å². The Hall–Kier alpha value is -0.530. The fraction of sp³-hybridized carbons (Fsp3) is 0.800. The van der Waals surface area contributed by atoms with Gasteiger partial charge in [0, 0.05) is 6.21 Å². The van der Waals surface area contributed by atoms with Gasteiger partial charge in [-0.1, -0.05) is 13.8 Å². The lowest BCUT2D eigenvalue weighted by Gasteiger charge is -1.93. The van der Waals surface area contributed by atoms with Gasteiger partial charge in [-0.25, -0.2) is 0 Å². The second kappa shape index (κ2) is 3.65. The van der Waals surface area contributed by atoms with Gasteiger partial charge in [0.1, 0.15) is 0 Å². The molecular formula is C5H11NO. The fourth-order valence-electron chi connectivity index (χ4n) is 0.219. The van der Waals surface area contributed by atoms with Crippen LogP contribution in [0.15, 0.2) is 5.16 Å². The molecule has 7 heavy (non-hydrogen) atoms. The Morgan fingerprint density at radius 1 is 1.86 bits per heavy atom. The molecule has 0 aromatic carbocycles. The largest absolute Gasteiger partial charge is 0.411 e. The zero-order valence-corrected chi connectivity index (χ0v) is 4.76. The molecule has 0 unspecified atom stereocenters. The number of hydrogen-bond donors (Lipinski definition) is 1. The fourth-order valence-corrected chi connectivity index (χ4v) is 0.219. The summed E-state index contributed by atoms with van der Waals surface area (Å²) in [7, 11) is 0. The van der Waals surface area contributed by atoms with Gasteiger partial charge in [-0.2, -0.15) is 0 Å². The van der Waals surface area contributed by atoms with Crippen LogP contribution in [0.1, 0.15) is 20.3 Å². The third kappa shape index (κ3) is 3.30. The summed E-state index contributed by atoms with van der Waals surface area (Å²) in [6.45, 7) is 4.05. The summed E-state index contributed by atoms with van der Waals surface area (Å²) >= 11 is 0. The lowest BCUT2D eigenvalue weighted by molar-refractivity contribution is 0.318. The van der Waals surface area contributed by atoms with E-state index in [0.717, 1.165) is 6.42 Å². The second-order valence-electron chi connectivity index (χ2n) is 1.65. The van der Waals surface area contributed by atoms with E-state index in [0.29, 0.717) is 5.92 Å². The highest BCUT2D eigenvalue weighted by Gasteiger charge is 1.88. The molecule has 0 aliphatic rings. The maximum atomic E-state index is 7.94. The maximum absolute atomic E-state index is 7.94. The van der Waals surface area contributed by atoms with Crippen LogP contribution in [-0.2, 0) is 0 Å². The van der Waals surface area contributed by atoms with Crippen LogP contribution in [0.3, 0.4) is 0 Å². The predicted octanol–water partition coefficient (Wildman–Crippen LogP) is 1.49. The molecule has 0 amide bonds. The van der Waals surface area contributed by atoms with Crippen LogP contribution in [0.25, 0.3) is 0 Å². The van der Waals surface area contributed by atoms with E-state index >= 15 is 0 Å².